The van der Waals surface area contributed by atoms with Gasteiger partial charge < -0.3 is 15.1 Å². The highest BCUT2D eigenvalue weighted by Gasteiger charge is 2.36. The van der Waals surface area contributed by atoms with E-state index in [1.165, 1.54) is 42.3 Å². The number of rotatable bonds is 7. The van der Waals surface area contributed by atoms with Gasteiger partial charge in [-0.2, -0.15) is 5.26 Å². The largest absolute Gasteiger partial charge is 0.468 e. The van der Waals surface area contributed by atoms with E-state index < -0.39 is 17.6 Å². The standard InChI is InChI=1S/C27H22FN3O3S/c1-16-5-7-18(8-6-16)22(32)15-35-27-21(14-29)25(23-4-3-13-34-23)24(17(2)30-27)26(33)31-20-11-9-19(28)10-12-20/h3-13,25,30H,15H2,1-2H3,(H,31,33)/t25-/m1/s1. The minimum atomic E-state index is -0.770. The van der Waals surface area contributed by atoms with Crippen molar-refractivity contribution in [3.05, 3.63) is 112 Å². The number of aryl methyl sites for hydroxylation is 1. The zero-order valence-electron chi connectivity index (χ0n) is 19.1. The maximum absolute atomic E-state index is 13.3. The van der Waals surface area contributed by atoms with Crippen molar-refractivity contribution in [2.24, 2.45) is 0 Å². The summed E-state index contributed by atoms with van der Waals surface area (Å²) < 4.78 is 18.9. The number of carbonyl (C=O) groups is 2. The zero-order chi connectivity index (χ0) is 24.9. The predicted molar refractivity (Wildman–Crippen MR) is 133 cm³/mol. The minimum Gasteiger partial charge on any atom is -0.468 e. The minimum absolute atomic E-state index is 0.0716. The van der Waals surface area contributed by atoms with Gasteiger partial charge in [0.15, 0.2) is 5.78 Å². The lowest BCUT2D eigenvalue weighted by molar-refractivity contribution is -0.113. The summed E-state index contributed by atoms with van der Waals surface area (Å²) in [6.07, 6.45) is 1.48. The van der Waals surface area contributed by atoms with Crippen LogP contribution in [0.2, 0.25) is 0 Å². The Balaban J connectivity index is 1.62. The molecule has 0 saturated carbocycles. The van der Waals surface area contributed by atoms with Crippen LogP contribution in [0.15, 0.2) is 93.2 Å². The van der Waals surface area contributed by atoms with Crippen LogP contribution in [0.25, 0.3) is 0 Å². The van der Waals surface area contributed by atoms with Gasteiger partial charge in [-0.3, -0.25) is 9.59 Å². The molecular weight excluding hydrogens is 465 g/mol. The third-order valence-electron chi connectivity index (χ3n) is 5.54. The second-order valence-corrected chi connectivity index (χ2v) is 8.99. The molecule has 0 fully saturated rings. The summed E-state index contributed by atoms with van der Waals surface area (Å²) in [6.45, 7) is 3.68. The predicted octanol–water partition coefficient (Wildman–Crippen LogP) is 5.68. The molecule has 1 aliphatic heterocycles. The highest BCUT2D eigenvalue weighted by atomic mass is 32.2. The summed E-state index contributed by atoms with van der Waals surface area (Å²) in [4.78, 5) is 26.0. The first kappa shape index (κ1) is 24.0. The number of nitriles is 1. The van der Waals surface area contributed by atoms with E-state index in [1.807, 2.05) is 19.1 Å². The lowest BCUT2D eigenvalue weighted by Gasteiger charge is -2.28. The van der Waals surface area contributed by atoms with Gasteiger partial charge in [-0.15, -0.1) is 0 Å². The number of ketones is 1. The number of hydrogen-bond acceptors (Lipinski definition) is 6. The second-order valence-electron chi connectivity index (χ2n) is 8.01. The first-order valence-corrected chi connectivity index (χ1v) is 11.8. The van der Waals surface area contributed by atoms with Crippen LogP contribution < -0.4 is 10.6 Å². The number of dihydropyridines is 1. The van der Waals surface area contributed by atoms with E-state index in [0.29, 0.717) is 33.3 Å². The molecule has 0 spiro atoms. The van der Waals surface area contributed by atoms with Gasteiger partial charge in [-0.1, -0.05) is 41.6 Å². The summed E-state index contributed by atoms with van der Waals surface area (Å²) in [7, 11) is 0. The van der Waals surface area contributed by atoms with Crippen LogP contribution in [0.1, 0.15) is 34.5 Å². The number of nitrogens with one attached hydrogen (secondary N) is 2. The summed E-state index contributed by atoms with van der Waals surface area (Å²) in [5, 5.41) is 16.5. The highest BCUT2D eigenvalue weighted by Crippen LogP contribution is 2.41. The van der Waals surface area contributed by atoms with Crippen LogP contribution in [-0.2, 0) is 4.79 Å². The number of amides is 1. The molecule has 6 nitrogen and oxygen atoms in total. The average Bonchev–Trinajstić information content (AvgIpc) is 3.38. The van der Waals surface area contributed by atoms with Crippen molar-refractivity contribution in [2.75, 3.05) is 11.1 Å². The number of Topliss-reactive ketones (excluding diaryl/α,β-unsaturated/α-hetero) is 1. The van der Waals surface area contributed by atoms with Crippen LogP contribution in [0, 0.1) is 24.1 Å². The molecule has 0 saturated heterocycles. The van der Waals surface area contributed by atoms with Crippen LogP contribution in [0.5, 0.6) is 0 Å². The molecule has 2 aromatic carbocycles. The van der Waals surface area contributed by atoms with Crippen molar-refractivity contribution in [1.82, 2.24) is 5.32 Å². The molecule has 1 atom stereocenters. The Morgan fingerprint density at radius 1 is 1.11 bits per heavy atom. The molecule has 2 heterocycles. The fraction of sp³-hybridized carbons (Fsp3) is 0.148. The first-order valence-electron chi connectivity index (χ1n) is 10.8. The van der Waals surface area contributed by atoms with Gasteiger partial charge >= 0.3 is 0 Å². The molecule has 8 heteroatoms. The molecule has 0 aliphatic carbocycles. The van der Waals surface area contributed by atoms with E-state index in [9.17, 15) is 19.2 Å². The number of anilines is 1. The smallest absolute Gasteiger partial charge is 0.254 e. The van der Waals surface area contributed by atoms with E-state index in [0.717, 1.165) is 5.56 Å². The van der Waals surface area contributed by atoms with E-state index in [2.05, 4.69) is 16.7 Å². The SMILES string of the molecule is CC1=C(C(=O)Nc2ccc(F)cc2)[C@@H](c2ccco2)C(C#N)=C(SCC(=O)c2ccc(C)cc2)N1. The number of nitrogens with zero attached hydrogens (tertiary/aromatic N) is 1. The molecule has 1 aromatic heterocycles. The lowest BCUT2D eigenvalue weighted by atomic mass is 9.85. The fourth-order valence-corrected chi connectivity index (χ4v) is 4.75. The monoisotopic (exact) mass is 487 g/mol. The van der Waals surface area contributed by atoms with E-state index in [-0.39, 0.29) is 17.1 Å². The highest BCUT2D eigenvalue weighted by molar-refractivity contribution is 8.03. The molecule has 0 unspecified atom stereocenters. The van der Waals surface area contributed by atoms with Crippen LogP contribution in [-0.4, -0.2) is 17.4 Å². The maximum Gasteiger partial charge on any atom is 0.254 e. The molecule has 3 aromatic rings. The quantitative estimate of drug-likeness (QED) is 0.417. The molecule has 1 amide bonds. The van der Waals surface area contributed by atoms with Crippen molar-refractivity contribution in [1.29, 1.82) is 5.26 Å². The van der Waals surface area contributed by atoms with Gasteiger partial charge in [-0.25, -0.2) is 4.39 Å². The topological polar surface area (TPSA) is 95.1 Å². The molecule has 35 heavy (non-hydrogen) atoms. The number of thioether (sulfide) groups is 1. The van der Waals surface area contributed by atoms with Gasteiger partial charge in [0.25, 0.3) is 5.91 Å². The van der Waals surface area contributed by atoms with Crippen LogP contribution in [0.3, 0.4) is 0 Å². The van der Waals surface area contributed by atoms with E-state index >= 15 is 0 Å². The number of hydrogen-bond donors (Lipinski definition) is 2. The third-order valence-corrected chi connectivity index (χ3v) is 6.56. The second kappa shape index (κ2) is 10.5. The fourth-order valence-electron chi connectivity index (χ4n) is 3.76. The molecule has 0 bridgehead atoms. The van der Waals surface area contributed by atoms with Crippen molar-refractivity contribution < 1.29 is 18.4 Å². The number of allylic oxidation sites excluding steroid dienone is 2. The Hall–Kier alpha value is -4.09. The Labute approximate surface area is 206 Å². The molecule has 1 aliphatic rings. The van der Waals surface area contributed by atoms with Gasteiger partial charge in [0.2, 0.25) is 0 Å². The summed E-state index contributed by atoms with van der Waals surface area (Å²) in [5.74, 6) is -1.16. The van der Waals surface area contributed by atoms with Gasteiger partial charge in [0.1, 0.15) is 11.6 Å². The Morgan fingerprint density at radius 2 is 1.83 bits per heavy atom. The molecule has 0 radical (unpaired) electrons. The third kappa shape index (κ3) is 5.36. The summed E-state index contributed by atoms with van der Waals surface area (Å²) >= 11 is 1.21. The van der Waals surface area contributed by atoms with Gasteiger partial charge in [0.05, 0.1) is 40.2 Å². The normalized spacial score (nSPS) is 15.4. The Bertz CT molecular complexity index is 1350. The van der Waals surface area contributed by atoms with Crippen molar-refractivity contribution >= 4 is 29.1 Å². The van der Waals surface area contributed by atoms with E-state index in [1.54, 1.807) is 31.2 Å². The number of furan rings is 1. The average molecular weight is 488 g/mol. The lowest BCUT2D eigenvalue weighted by Crippen LogP contribution is -2.30. The van der Waals surface area contributed by atoms with Crippen molar-refractivity contribution in [3.8, 4) is 6.07 Å². The van der Waals surface area contributed by atoms with Crippen LogP contribution in [0.4, 0.5) is 10.1 Å². The number of benzene rings is 2. The Kier molecular flexibility index (Phi) is 7.18. The molecule has 2 N–H and O–H groups in total. The summed E-state index contributed by atoms with van der Waals surface area (Å²) in [6, 6.07) is 18.3. The molecule has 176 valence electrons. The molecule has 4 rings (SSSR count). The maximum atomic E-state index is 13.3. The zero-order valence-corrected chi connectivity index (χ0v) is 19.9. The number of halogens is 1. The molecular formula is C27H22FN3O3S. The Morgan fingerprint density at radius 3 is 2.46 bits per heavy atom. The van der Waals surface area contributed by atoms with E-state index in [4.69, 9.17) is 4.42 Å². The summed E-state index contributed by atoms with van der Waals surface area (Å²) in [5.41, 5.74) is 3.17. The first-order chi connectivity index (χ1) is 16.9. The van der Waals surface area contributed by atoms with Crippen molar-refractivity contribution in [3.63, 3.8) is 0 Å². The van der Waals surface area contributed by atoms with Crippen LogP contribution >= 0.6 is 11.8 Å². The van der Waals surface area contributed by atoms with Gasteiger partial charge in [0, 0.05) is 16.9 Å². The van der Waals surface area contributed by atoms with Crippen molar-refractivity contribution in [2.45, 2.75) is 19.8 Å². The number of carbonyl (C=O) groups excluding carboxylic acids is 2. The van der Waals surface area contributed by atoms with Gasteiger partial charge in [-0.05, 0) is 50.2 Å².